The first-order chi connectivity index (χ1) is 17.3. The van der Waals surface area contributed by atoms with Crippen molar-refractivity contribution in [3.05, 3.63) is 0 Å². The third-order valence-corrected chi connectivity index (χ3v) is 29.3. The lowest BCUT2D eigenvalue weighted by molar-refractivity contribution is -0.0451. The first-order valence-corrected chi connectivity index (χ1v) is 25.0. The van der Waals surface area contributed by atoms with E-state index in [1.54, 1.807) is 6.04 Å². The van der Waals surface area contributed by atoms with Gasteiger partial charge < -0.3 is 0 Å². The maximum absolute atomic E-state index is 3.91. The first-order valence-electron chi connectivity index (χ1n) is 16.5. The van der Waals surface area contributed by atoms with E-state index in [1.165, 1.54) is 118 Å². The zero-order valence-electron chi connectivity index (χ0n) is 26.6. The van der Waals surface area contributed by atoms with E-state index in [9.17, 15) is 0 Å². The van der Waals surface area contributed by atoms with Crippen LogP contribution in [0.15, 0.2) is 0 Å². The molecule has 1 saturated heterocycles. The van der Waals surface area contributed by atoms with Crippen LogP contribution < -0.4 is 5.53 Å². The van der Waals surface area contributed by atoms with Crippen LogP contribution in [-0.4, -0.2) is 60.4 Å². The van der Waals surface area contributed by atoms with E-state index in [-0.39, 0.29) is 0 Å². The summed E-state index contributed by atoms with van der Waals surface area (Å²) in [5.74, 6) is 0.847. The van der Waals surface area contributed by atoms with Crippen LogP contribution in [0.5, 0.6) is 0 Å². The molecule has 0 unspecified atom stereocenters. The summed E-state index contributed by atoms with van der Waals surface area (Å²) in [6.45, 7) is 27.3. The van der Waals surface area contributed by atoms with Crippen LogP contribution in [0.3, 0.4) is 0 Å². The molecule has 0 spiro atoms. The zero-order valence-corrected chi connectivity index (χ0v) is 29.6. The Morgan fingerprint density at radius 2 is 0.806 bits per heavy atom. The largest absolute Gasteiger partial charge is 0.230 e. The Kier molecular flexibility index (Phi) is 17.3. The topological polar surface area (TPSA) is 18.5 Å². The Morgan fingerprint density at radius 3 is 1.11 bits per heavy atom. The third kappa shape index (κ3) is 10.6. The first kappa shape index (κ1) is 34.6. The van der Waals surface area contributed by atoms with Gasteiger partial charge in [-0.15, -0.1) is 0 Å². The third-order valence-electron chi connectivity index (χ3n) is 11.6. The Labute approximate surface area is 231 Å². The fourth-order valence-electron chi connectivity index (χ4n) is 7.32. The number of nitrogens with one attached hydrogen (secondary N) is 1. The zero-order chi connectivity index (χ0) is 27.1. The van der Waals surface area contributed by atoms with Crippen molar-refractivity contribution in [1.29, 1.82) is 0 Å². The minimum absolute atomic E-state index is 0.847. The second kappa shape index (κ2) is 18.0. The van der Waals surface area contributed by atoms with Gasteiger partial charge in [-0.1, -0.05) is 141 Å². The van der Waals surface area contributed by atoms with Crippen molar-refractivity contribution in [3.63, 3.8) is 0 Å². The minimum Gasteiger partial charge on any atom is -0.230 e. The highest BCUT2D eigenvalue weighted by molar-refractivity contribution is 6.80. The van der Waals surface area contributed by atoms with Crippen molar-refractivity contribution in [3.8, 4) is 0 Å². The molecule has 0 aliphatic carbocycles. The summed E-state index contributed by atoms with van der Waals surface area (Å²) in [4.78, 5) is 0. The van der Waals surface area contributed by atoms with Crippen LogP contribution >= 0.6 is 0 Å². The predicted molar refractivity (Wildman–Crippen MR) is 174 cm³/mol. The molecular formula is C30H69N3Si3. The summed E-state index contributed by atoms with van der Waals surface area (Å²) in [5, 5.41) is 5.28. The Bertz CT molecular complexity index is 441. The maximum Gasteiger partial charge on any atom is 0.0528 e. The van der Waals surface area contributed by atoms with Crippen LogP contribution in [0.2, 0.25) is 72.5 Å². The monoisotopic (exact) mass is 555 g/mol. The average molecular weight is 556 g/mol. The molecule has 0 aromatic carbocycles. The number of hydrazine groups is 2. The highest BCUT2D eigenvalue weighted by Crippen LogP contribution is 2.30. The van der Waals surface area contributed by atoms with E-state index < -0.39 is 24.2 Å². The van der Waals surface area contributed by atoms with Crippen LogP contribution in [0.4, 0.5) is 0 Å². The van der Waals surface area contributed by atoms with Crippen LogP contribution in [0, 0.1) is 5.92 Å². The van der Waals surface area contributed by atoms with Gasteiger partial charge in [0.15, 0.2) is 0 Å². The van der Waals surface area contributed by atoms with E-state index >= 15 is 0 Å². The number of rotatable bonds is 21. The second-order valence-electron chi connectivity index (χ2n) is 12.6. The van der Waals surface area contributed by atoms with Crippen LogP contribution in [0.1, 0.15) is 88.0 Å². The van der Waals surface area contributed by atoms with Gasteiger partial charge in [-0.25, -0.2) is 10.0 Å². The summed E-state index contributed by atoms with van der Waals surface area (Å²) < 4.78 is 0. The van der Waals surface area contributed by atoms with Gasteiger partial charge in [0.25, 0.3) is 0 Å². The van der Waals surface area contributed by atoms with Gasteiger partial charge in [0.2, 0.25) is 0 Å². The number of hydrogen-bond acceptors (Lipinski definition) is 3. The van der Waals surface area contributed by atoms with Gasteiger partial charge in [-0.05, 0) is 25.2 Å². The molecular weight excluding hydrogens is 487 g/mol. The van der Waals surface area contributed by atoms with Crippen molar-refractivity contribution in [2.45, 2.75) is 161 Å². The fraction of sp³-hybridized carbons (Fsp3) is 1.00. The smallest absolute Gasteiger partial charge is 0.0528 e. The summed E-state index contributed by atoms with van der Waals surface area (Å²) in [6.07, 6.45) is 5.70. The van der Waals surface area contributed by atoms with Gasteiger partial charge >= 0.3 is 0 Å². The second-order valence-corrected chi connectivity index (χ2v) is 29.5. The molecule has 1 fully saturated rings. The molecule has 0 atom stereocenters. The molecule has 0 saturated carbocycles. The molecule has 0 aromatic heterocycles. The van der Waals surface area contributed by atoms with Crippen molar-refractivity contribution in [1.82, 2.24) is 15.6 Å². The molecule has 0 radical (unpaired) electrons. The molecule has 1 aliphatic rings. The van der Waals surface area contributed by atoms with Crippen molar-refractivity contribution < 1.29 is 0 Å². The highest BCUT2D eigenvalue weighted by Gasteiger charge is 2.31. The predicted octanol–water partition coefficient (Wildman–Crippen LogP) is 9.73. The highest BCUT2D eigenvalue weighted by atomic mass is 28.3. The lowest BCUT2D eigenvalue weighted by Crippen LogP contribution is -2.59. The van der Waals surface area contributed by atoms with E-state index in [4.69, 9.17) is 0 Å². The van der Waals surface area contributed by atoms with Gasteiger partial charge in [-0.3, -0.25) is 0 Å². The molecule has 1 N–H and O–H groups in total. The maximum atomic E-state index is 3.91. The molecule has 3 nitrogen and oxygen atoms in total. The Hall–Kier alpha value is 0.531. The molecule has 0 aromatic rings. The summed E-state index contributed by atoms with van der Waals surface area (Å²) in [5.41, 5.74) is 3.91. The lowest BCUT2D eigenvalue weighted by Gasteiger charge is -2.42. The SMILES string of the molecule is CC[Si](CC)(CC)CCCC1CN(CCC[Si](CC)(CC)CC)NN(CCC[Si](CC)(CC)CC)C1. The van der Waals surface area contributed by atoms with Crippen LogP contribution in [-0.2, 0) is 0 Å². The summed E-state index contributed by atoms with van der Waals surface area (Å²) >= 11 is 0. The van der Waals surface area contributed by atoms with Gasteiger partial charge in [-0.2, -0.15) is 5.53 Å². The van der Waals surface area contributed by atoms with E-state index in [0.717, 1.165) is 5.92 Å². The van der Waals surface area contributed by atoms with E-state index in [1.807, 2.05) is 0 Å². The van der Waals surface area contributed by atoms with Crippen LogP contribution in [0.25, 0.3) is 0 Å². The molecule has 1 rings (SSSR count). The molecule has 0 bridgehead atoms. The molecule has 216 valence electrons. The standard InChI is InChI=1S/C30H69N3Si3/c1-10-34(11-2,12-3)25-19-22-30-28-32(23-20-26-35(13-4,14-5)15-6)31-33(29-30)24-21-27-36(16-7,17-8)18-9/h30-31H,10-29H2,1-9H3. The number of hydrogen-bond donors (Lipinski definition) is 1. The number of nitrogens with zero attached hydrogens (tertiary/aromatic N) is 2. The normalized spacial score (nSPS) is 17.2. The quantitative estimate of drug-likeness (QED) is 0.142. The molecule has 6 heteroatoms. The Morgan fingerprint density at radius 1 is 0.500 bits per heavy atom. The van der Waals surface area contributed by atoms with Crippen molar-refractivity contribution >= 4 is 24.2 Å². The Balaban J connectivity index is 2.75. The fourth-order valence-corrected chi connectivity index (χ4v) is 17.8. The lowest BCUT2D eigenvalue weighted by atomic mass is 10.0. The minimum atomic E-state index is -1.00. The summed E-state index contributed by atoms with van der Waals surface area (Å²) in [6, 6.07) is 17.9. The molecule has 36 heavy (non-hydrogen) atoms. The van der Waals surface area contributed by atoms with Gasteiger partial charge in [0, 0.05) is 26.2 Å². The van der Waals surface area contributed by atoms with E-state index in [2.05, 4.69) is 77.9 Å². The molecule has 1 aliphatic heterocycles. The summed E-state index contributed by atoms with van der Waals surface area (Å²) in [7, 11) is -2.99. The van der Waals surface area contributed by atoms with Crippen molar-refractivity contribution in [2.24, 2.45) is 5.92 Å². The van der Waals surface area contributed by atoms with Crippen molar-refractivity contribution in [2.75, 3.05) is 26.2 Å². The van der Waals surface area contributed by atoms with Gasteiger partial charge in [0.05, 0.1) is 24.2 Å². The van der Waals surface area contributed by atoms with Gasteiger partial charge in [0.1, 0.15) is 0 Å². The molecule has 1 heterocycles. The average Bonchev–Trinajstić information content (AvgIpc) is 2.92. The molecule has 0 amide bonds. The van der Waals surface area contributed by atoms with E-state index in [0.29, 0.717) is 0 Å².